The molecule has 1 aliphatic rings. The number of amides is 1. The molecule has 1 aliphatic heterocycles. The van der Waals surface area contributed by atoms with Crippen LogP contribution in [0.4, 0.5) is 27.7 Å². The molecule has 0 atom stereocenters. The van der Waals surface area contributed by atoms with Gasteiger partial charge in [-0.3, -0.25) is 4.79 Å². The van der Waals surface area contributed by atoms with E-state index in [2.05, 4.69) is 35.4 Å². The number of hydrogen-bond acceptors (Lipinski definition) is 7. The molecule has 0 spiro atoms. The van der Waals surface area contributed by atoms with Gasteiger partial charge < -0.3 is 20.4 Å². The minimum Gasteiger partial charge on any atom is -0.368 e. The predicted molar refractivity (Wildman–Crippen MR) is 114 cm³/mol. The summed E-state index contributed by atoms with van der Waals surface area (Å²) in [6.45, 7) is 2.91. The van der Waals surface area contributed by atoms with Crippen LogP contribution in [0, 0.1) is 5.82 Å². The summed E-state index contributed by atoms with van der Waals surface area (Å²) in [5.41, 5.74) is 2.14. The van der Waals surface area contributed by atoms with E-state index in [9.17, 15) is 9.18 Å². The summed E-state index contributed by atoms with van der Waals surface area (Å²) in [6, 6.07) is 13.7. The van der Waals surface area contributed by atoms with Crippen LogP contribution in [0.2, 0.25) is 0 Å². The summed E-state index contributed by atoms with van der Waals surface area (Å²) in [7, 11) is 1.59. The fourth-order valence-electron chi connectivity index (χ4n) is 3.35. The zero-order valence-electron chi connectivity index (χ0n) is 16.5. The number of hydrogen-bond donors (Lipinski definition) is 2. The number of nitrogens with zero attached hydrogens (tertiary/aromatic N) is 5. The van der Waals surface area contributed by atoms with E-state index >= 15 is 0 Å². The Kier molecular flexibility index (Phi) is 5.69. The molecule has 2 aromatic carbocycles. The van der Waals surface area contributed by atoms with Crippen molar-refractivity contribution in [2.24, 2.45) is 0 Å². The molecule has 3 aromatic rings. The lowest BCUT2D eigenvalue weighted by atomic mass is 10.2. The highest BCUT2D eigenvalue weighted by atomic mass is 19.1. The predicted octanol–water partition coefficient (Wildman–Crippen LogP) is 2.44. The highest BCUT2D eigenvalue weighted by Gasteiger charge is 2.20. The Hall–Kier alpha value is -3.75. The van der Waals surface area contributed by atoms with Crippen molar-refractivity contribution in [1.82, 2.24) is 20.3 Å². The standard InChI is InChI=1S/C21H22FN7O/c1-23-19(30)15-4-2-6-17(12-15)26-20-24-14-25-21(27-20)29-10-8-28(9-11-29)18-7-3-5-16(22)13-18/h2-7,12-14H,8-11H2,1H3,(H,23,30)(H,24,25,26,27). The first-order valence-electron chi connectivity index (χ1n) is 9.66. The second-order valence-electron chi connectivity index (χ2n) is 6.85. The third-order valence-electron chi connectivity index (χ3n) is 4.90. The lowest BCUT2D eigenvalue weighted by Crippen LogP contribution is -2.47. The van der Waals surface area contributed by atoms with Crippen molar-refractivity contribution >= 4 is 29.2 Å². The first-order chi connectivity index (χ1) is 14.6. The van der Waals surface area contributed by atoms with Crippen molar-refractivity contribution in [2.45, 2.75) is 0 Å². The number of carbonyl (C=O) groups is 1. The van der Waals surface area contributed by atoms with Gasteiger partial charge in [0.15, 0.2) is 0 Å². The van der Waals surface area contributed by atoms with Gasteiger partial charge in [-0.05, 0) is 36.4 Å². The van der Waals surface area contributed by atoms with Crippen molar-refractivity contribution in [3.8, 4) is 0 Å². The lowest BCUT2D eigenvalue weighted by molar-refractivity contribution is 0.0963. The van der Waals surface area contributed by atoms with E-state index in [1.54, 1.807) is 37.4 Å². The molecule has 9 heteroatoms. The van der Waals surface area contributed by atoms with Gasteiger partial charge in [-0.25, -0.2) is 14.4 Å². The number of carbonyl (C=O) groups excluding carboxylic acids is 1. The average molecular weight is 407 g/mol. The summed E-state index contributed by atoms with van der Waals surface area (Å²) in [4.78, 5) is 29.0. The Morgan fingerprint density at radius 1 is 1.00 bits per heavy atom. The second-order valence-corrected chi connectivity index (χ2v) is 6.85. The van der Waals surface area contributed by atoms with E-state index in [4.69, 9.17) is 0 Å². The lowest BCUT2D eigenvalue weighted by Gasteiger charge is -2.36. The smallest absolute Gasteiger partial charge is 0.251 e. The van der Waals surface area contributed by atoms with Crippen molar-refractivity contribution in [3.05, 3.63) is 66.2 Å². The number of rotatable bonds is 5. The molecular formula is C21H22FN7O. The molecule has 4 rings (SSSR count). The van der Waals surface area contributed by atoms with Crippen molar-refractivity contribution < 1.29 is 9.18 Å². The highest BCUT2D eigenvalue weighted by molar-refractivity contribution is 5.95. The van der Waals surface area contributed by atoms with E-state index in [1.807, 2.05) is 12.1 Å². The number of aromatic nitrogens is 3. The first-order valence-corrected chi connectivity index (χ1v) is 9.66. The Balaban J connectivity index is 1.42. The molecule has 2 heterocycles. The Morgan fingerprint density at radius 3 is 2.53 bits per heavy atom. The van der Waals surface area contributed by atoms with Gasteiger partial charge in [-0.1, -0.05) is 12.1 Å². The van der Waals surface area contributed by atoms with Crippen LogP contribution in [0.15, 0.2) is 54.9 Å². The monoisotopic (exact) mass is 407 g/mol. The van der Waals surface area contributed by atoms with Gasteiger partial charge in [0, 0.05) is 50.2 Å². The maximum Gasteiger partial charge on any atom is 0.251 e. The second kappa shape index (κ2) is 8.73. The molecule has 1 amide bonds. The average Bonchev–Trinajstić information content (AvgIpc) is 2.79. The zero-order chi connectivity index (χ0) is 20.9. The summed E-state index contributed by atoms with van der Waals surface area (Å²) < 4.78 is 13.5. The minimum absolute atomic E-state index is 0.161. The number of benzene rings is 2. The fourth-order valence-corrected chi connectivity index (χ4v) is 3.35. The molecule has 2 N–H and O–H groups in total. The van der Waals surface area contributed by atoms with Gasteiger partial charge in [-0.2, -0.15) is 4.98 Å². The van der Waals surface area contributed by atoms with Crippen LogP contribution in [0.5, 0.6) is 0 Å². The first kappa shape index (κ1) is 19.6. The maximum atomic E-state index is 13.5. The van der Waals surface area contributed by atoms with Crippen LogP contribution in [-0.2, 0) is 0 Å². The van der Waals surface area contributed by atoms with Gasteiger partial charge in [0.05, 0.1) is 0 Å². The molecule has 30 heavy (non-hydrogen) atoms. The van der Waals surface area contributed by atoms with E-state index in [-0.39, 0.29) is 11.7 Å². The number of piperazine rings is 1. The number of halogens is 1. The molecular weight excluding hydrogens is 385 g/mol. The van der Waals surface area contributed by atoms with E-state index in [1.165, 1.54) is 12.4 Å². The molecule has 0 saturated carbocycles. The van der Waals surface area contributed by atoms with Gasteiger partial charge in [0.2, 0.25) is 11.9 Å². The van der Waals surface area contributed by atoms with Crippen LogP contribution < -0.4 is 20.4 Å². The van der Waals surface area contributed by atoms with Crippen LogP contribution in [0.3, 0.4) is 0 Å². The quantitative estimate of drug-likeness (QED) is 0.672. The van der Waals surface area contributed by atoms with Crippen LogP contribution in [-0.4, -0.2) is 54.1 Å². The topological polar surface area (TPSA) is 86.3 Å². The number of anilines is 4. The third-order valence-corrected chi connectivity index (χ3v) is 4.90. The van der Waals surface area contributed by atoms with Crippen molar-refractivity contribution in [2.75, 3.05) is 48.3 Å². The molecule has 8 nitrogen and oxygen atoms in total. The van der Waals surface area contributed by atoms with E-state index < -0.39 is 0 Å². The minimum atomic E-state index is -0.233. The number of nitrogens with one attached hydrogen (secondary N) is 2. The summed E-state index contributed by atoms with van der Waals surface area (Å²) >= 11 is 0. The molecule has 0 aliphatic carbocycles. The SMILES string of the molecule is CNC(=O)c1cccc(Nc2ncnc(N3CCN(c4cccc(F)c4)CC3)n2)c1. The van der Waals surface area contributed by atoms with Gasteiger partial charge in [0.1, 0.15) is 12.1 Å². The largest absolute Gasteiger partial charge is 0.368 e. The summed E-state index contributed by atoms with van der Waals surface area (Å²) in [5, 5.41) is 5.73. The summed E-state index contributed by atoms with van der Waals surface area (Å²) in [6.07, 6.45) is 1.46. The van der Waals surface area contributed by atoms with E-state index in [0.717, 1.165) is 18.8 Å². The zero-order valence-corrected chi connectivity index (χ0v) is 16.5. The highest BCUT2D eigenvalue weighted by Crippen LogP contribution is 2.20. The fraction of sp³-hybridized carbons (Fsp3) is 0.238. The van der Waals surface area contributed by atoms with Crippen molar-refractivity contribution in [3.63, 3.8) is 0 Å². The van der Waals surface area contributed by atoms with Crippen molar-refractivity contribution in [1.29, 1.82) is 0 Å². The molecule has 1 aromatic heterocycles. The Labute approximate surface area is 173 Å². The van der Waals surface area contributed by atoms with Crippen LogP contribution in [0.1, 0.15) is 10.4 Å². The molecule has 1 saturated heterocycles. The molecule has 0 radical (unpaired) electrons. The third kappa shape index (κ3) is 4.45. The molecule has 154 valence electrons. The summed E-state index contributed by atoms with van der Waals surface area (Å²) in [5.74, 6) is 0.588. The Bertz CT molecular complexity index is 1040. The normalized spacial score (nSPS) is 13.8. The molecule has 0 unspecified atom stereocenters. The van der Waals surface area contributed by atoms with Crippen LogP contribution >= 0.6 is 0 Å². The van der Waals surface area contributed by atoms with Gasteiger partial charge in [-0.15, -0.1) is 0 Å². The van der Waals surface area contributed by atoms with Crippen LogP contribution in [0.25, 0.3) is 0 Å². The molecule has 0 bridgehead atoms. The van der Waals surface area contributed by atoms with E-state index in [0.29, 0.717) is 36.2 Å². The van der Waals surface area contributed by atoms with Gasteiger partial charge >= 0.3 is 0 Å². The molecule has 1 fully saturated rings. The maximum absolute atomic E-state index is 13.5. The van der Waals surface area contributed by atoms with Gasteiger partial charge in [0.25, 0.3) is 5.91 Å². The Morgan fingerprint density at radius 2 is 1.77 bits per heavy atom.